The summed E-state index contributed by atoms with van der Waals surface area (Å²) in [6, 6.07) is 21.0. The fourth-order valence-corrected chi connectivity index (χ4v) is 3.61. The van der Waals surface area contributed by atoms with Crippen LogP contribution in [0, 0.1) is 11.6 Å². The normalized spacial score (nSPS) is 11.2. The molecular formula is C25H17F2N3O. The molecule has 3 aromatic carbocycles. The summed E-state index contributed by atoms with van der Waals surface area (Å²) in [6.07, 6.45) is 3.59. The molecule has 0 atom stereocenters. The van der Waals surface area contributed by atoms with Crippen LogP contribution in [0.25, 0.3) is 33.9 Å². The molecular weight excluding hydrogens is 396 g/mol. The maximum atomic E-state index is 14.1. The fourth-order valence-electron chi connectivity index (χ4n) is 3.61. The molecule has 152 valence electrons. The van der Waals surface area contributed by atoms with E-state index < -0.39 is 11.6 Å². The van der Waals surface area contributed by atoms with E-state index in [1.54, 1.807) is 12.3 Å². The first-order valence-corrected chi connectivity index (χ1v) is 9.74. The molecule has 0 aliphatic carbocycles. The summed E-state index contributed by atoms with van der Waals surface area (Å²) in [6.45, 7) is 0.416. The number of aromatic nitrogens is 3. The molecule has 0 unspecified atom stereocenters. The van der Waals surface area contributed by atoms with Crippen molar-refractivity contribution in [1.82, 2.24) is 14.5 Å². The number of fused-ring (bicyclic) bond motifs is 1. The molecule has 0 radical (unpaired) electrons. The average Bonchev–Trinajstić information content (AvgIpc) is 3.21. The summed E-state index contributed by atoms with van der Waals surface area (Å²) >= 11 is 0. The number of aromatic hydroxyl groups is 1. The standard InChI is InChI=1S/C25H17F2N3O/c26-20-11-5-10-19(23(20)27)25-28-21-12-13-30(15-22(21)29-25)14-17-8-4-9-18(24(17)31)16-6-2-1-3-7-16/h1-13,15,31H,14H2. The van der Waals surface area contributed by atoms with Gasteiger partial charge in [0.2, 0.25) is 0 Å². The summed E-state index contributed by atoms with van der Waals surface area (Å²) in [7, 11) is 0. The van der Waals surface area contributed by atoms with Crippen molar-refractivity contribution >= 4 is 0 Å². The number of hydrogen-bond acceptors (Lipinski definition) is 3. The van der Waals surface area contributed by atoms with E-state index in [1.807, 2.05) is 59.3 Å². The van der Waals surface area contributed by atoms with Crippen LogP contribution < -0.4 is 0 Å². The largest absolute Gasteiger partial charge is 0.507 e. The molecule has 2 aliphatic heterocycles. The Bertz CT molecular complexity index is 1350. The quantitative estimate of drug-likeness (QED) is 0.408. The van der Waals surface area contributed by atoms with Gasteiger partial charge < -0.3 is 9.67 Å². The van der Waals surface area contributed by atoms with Crippen molar-refractivity contribution in [2.45, 2.75) is 6.54 Å². The second-order valence-electron chi connectivity index (χ2n) is 7.22. The van der Waals surface area contributed by atoms with Gasteiger partial charge in [-0.15, -0.1) is 0 Å². The highest BCUT2D eigenvalue weighted by molar-refractivity contribution is 5.71. The van der Waals surface area contributed by atoms with Crippen molar-refractivity contribution in [3.8, 4) is 39.7 Å². The van der Waals surface area contributed by atoms with E-state index in [4.69, 9.17) is 0 Å². The van der Waals surface area contributed by atoms with Gasteiger partial charge in [0.25, 0.3) is 0 Å². The molecule has 3 aromatic rings. The number of rotatable bonds is 4. The number of hydrogen-bond donors (Lipinski definition) is 1. The van der Waals surface area contributed by atoms with Gasteiger partial charge in [-0.2, -0.15) is 0 Å². The minimum Gasteiger partial charge on any atom is -0.507 e. The first-order chi connectivity index (χ1) is 15.1. The zero-order valence-corrected chi connectivity index (χ0v) is 16.3. The van der Waals surface area contributed by atoms with Gasteiger partial charge >= 0.3 is 0 Å². The molecule has 0 aromatic heterocycles. The smallest absolute Gasteiger partial charge is 0.169 e. The Morgan fingerprint density at radius 1 is 0.774 bits per heavy atom. The van der Waals surface area contributed by atoms with Crippen molar-refractivity contribution in [3.63, 3.8) is 0 Å². The number of para-hydroxylation sites is 1. The molecule has 0 bridgehead atoms. The molecule has 6 heteroatoms. The second kappa shape index (κ2) is 7.65. The third-order valence-corrected chi connectivity index (χ3v) is 5.18. The molecule has 0 fully saturated rings. The number of pyridine rings is 1. The maximum absolute atomic E-state index is 14.1. The Kier molecular flexibility index (Phi) is 4.67. The second-order valence-corrected chi connectivity index (χ2v) is 7.22. The van der Waals surface area contributed by atoms with Gasteiger partial charge in [0.05, 0.1) is 17.8 Å². The summed E-state index contributed by atoms with van der Waals surface area (Å²) in [5.74, 6) is -1.54. The molecule has 2 aliphatic rings. The van der Waals surface area contributed by atoms with E-state index >= 15 is 0 Å². The number of phenolic OH excluding ortho intramolecular Hbond substituents is 1. The van der Waals surface area contributed by atoms with Crippen LogP contribution in [0.1, 0.15) is 5.56 Å². The van der Waals surface area contributed by atoms with Gasteiger partial charge in [0.15, 0.2) is 17.5 Å². The third kappa shape index (κ3) is 3.53. The third-order valence-electron chi connectivity index (χ3n) is 5.18. The Balaban J connectivity index is 1.49. The van der Waals surface area contributed by atoms with E-state index in [0.29, 0.717) is 17.9 Å². The van der Waals surface area contributed by atoms with E-state index in [-0.39, 0.29) is 17.1 Å². The van der Waals surface area contributed by atoms with Gasteiger partial charge in [-0.1, -0.05) is 54.6 Å². The highest BCUT2D eigenvalue weighted by Crippen LogP contribution is 2.33. The predicted molar refractivity (Wildman–Crippen MR) is 115 cm³/mol. The minimum absolute atomic E-state index is 0.0240. The van der Waals surface area contributed by atoms with Crippen LogP contribution in [0.15, 0.2) is 85.2 Å². The van der Waals surface area contributed by atoms with E-state index in [2.05, 4.69) is 9.97 Å². The lowest BCUT2D eigenvalue weighted by molar-refractivity contribution is 0.468. The summed E-state index contributed by atoms with van der Waals surface area (Å²) in [4.78, 5) is 8.70. The zero-order valence-electron chi connectivity index (χ0n) is 16.3. The first kappa shape index (κ1) is 18.9. The lowest BCUT2D eigenvalue weighted by Crippen LogP contribution is -2.01. The van der Waals surface area contributed by atoms with Crippen molar-refractivity contribution < 1.29 is 13.9 Å². The molecule has 4 nitrogen and oxygen atoms in total. The predicted octanol–water partition coefficient (Wildman–Crippen LogP) is 5.75. The molecule has 31 heavy (non-hydrogen) atoms. The van der Waals surface area contributed by atoms with Crippen LogP contribution in [0.5, 0.6) is 5.75 Å². The Hall–Kier alpha value is -4.06. The van der Waals surface area contributed by atoms with Crippen LogP contribution in [0.2, 0.25) is 0 Å². The Morgan fingerprint density at radius 2 is 1.52 bits per heavy atom. The highest BCUT2D eigenvalue weighted by atomic mass is 19.2. The number of halogens is 2. The van der Waals surface area contributed by atoms with Crippen molar-refractivity contribution in [1.29, 1.82) is 0 Å². The topological polar surface area (TPSA) is 50.9 Å². The highest BCUT2D eigenvalue weighted by Gasteiger charge is 2.18. The van der Waals surface area contributed by atoms with Crippen LogP contribution in [-0.4, -0.2) is 19.6 Å². The molecule has 0 saturated heterocycles. The van der Waals surface area contributed by atoms with E-state index in [9.17, 15) is 13.9 Å². The lowest BCUT2D eigenvalue weighted by Gasteiger charge is -2.12. The van der Waals surface area contributed by atoms with Crippen LogP contribution in [-0.2, 0) is 6.54 Å². The minimum atomic E-state index is -0.965. The number of nitrogens with zero attached hydrogens (tertiary/aromatic N) is 3. The Labute approximate surface area is 177 Å². The SMILES string of the molecule is Oc1c(Cn2ccc3nc(-c4cccc(F)c4F)nc-3c2)cccc1-c1ccccc1. The summed E-state index contributed by atoms with van der Waals surface area (Å²) in [5, 5.41) is 10.8. The number of benzene rings is 3. The van der Waals surface area contributed by atoms with Crippen LogP contribution in [0.4, 0.5) is 8.78 Å². The monoisotopic (exact) mass is 413 g/mol. The van der Waals surface area contributed by atoms with Gasteiger partial charge in [-0.25, -0.2) is 18.7 Å². The Morgan fingerprint density at radius 3 is 2.35 bits per heavy atom. The fraction of sp³-hybridized carbons (Fsp3) is 0.0400. The maximum Gasteiger partial charge on any atom is 0.169 e. The zero-order chi connectivity index (χ0) is 21.4. The molecule has 0 saturated carbocycles. The van der Waals surface area contributed by atoms with Gasteiger partial charge in [-0.05, 0) is 23.8 Å². The van der Waals surface area contributed by atoms with E-state index in [0.717, 1.165) is 22.8 Å². The van der Waals surface area contributed by atoms with Crippen LogP contribution in [0.3, 0.4) is 0 Å². The van der Waals surface area contributed by atoms with E-state index in [1.165, 1.54) is 12.1 Å². The summed E-state index contributed by atoms with van der Waals surface area (Å²) in [5.41, 5.74) is 3.61. The molecule has 5 rings (SSSR count). The lowest BCUT2D eigenvalue weighted by atomic mass is 10.0. The van der Waals surface area contributed by atoms with Gasteiger partial charge in [0.1, 0.15) is 11.4 Å². The molecule has 2 heterocycles. The van der Waals surface area contributed by atoms with Gasteiger partial charge in [-0.3, -0.25) is 0 Å². The average molecular weight is 413 g/mol. The first-order valence-electron chi connectivity index (χ1n) is 9.74. The van der Waals surface area contributed by atoms with Gasteiger partial charge in [0, 0.05) is 23.5 Å². The molecule has 0 spiro atoms. The van der Waals surface area contributed by atoms with Crippen molar-refractivity contribution in [2.75, 3.05) is 0 Å². The van der Waals surface area contributed by atoms with Crippen LogP contribution >= 0.6 is 0 Å². The number of imidazole rings is 1. The number of phenols is 1. The van der Waals surface area contributed by atoms with Crippen molar-refractivity contribution in [3.05, 3.63) is 102 Å². The summed E-state index contributed by atoms with van der Waals surface area (Å²) < 4.78 is 29.5. The molecule has 0 amide bonds. The van der Waals surface area contributed by atoms with Crippen molar-refractivity contribution in [2.24, 2.45) is 0 Å². The molecule has 1 N–H and O–H groups in total.